The highest BCUT2D eigenvalue weighted by molar-refractivity contribution is 5.94. The predicted octanol–water partition coefficient (Wildman–Crippen LogP) is 3.04. The van der Waals surface area contributed by atoms with Crippen LogP contribution in [0, 0.1) is 5.82 Å². The van der Waals surface area contributed by atoms with Crippen LogP contribution in [-0.2, 0) is 11.3 Å². The van der Waals surface area contributed by atoms with Gasteiger partial charge >= 0.3 is 0 Å². The molecule has 0 spiro atoms. The molecule has 1 aromatic heterocycles. The van der Waals surface area contributed by atoms with Crippen LogP contribution in [0.15, 0.2) is 48.7 Å². The molecule has 1 amide bonds. The Balaban J connectivity index is 1.79. The van der Waals surface area contributed by atoms with Gasteiger partial charge in [-0.3, -0.25) is 9.78 Å². The molecule has 3 rings (SSSR count). The molecule has 1 aromatic carbocycles. The molecule has 0 saturated carbocycles. The van der Waals surface area contributed by atoms with Gasteiger partial charge in [-0.1, -0.05) is 12.1 Å². The van der Waals surface area contributed by atoms with E-state index in [-0.39, 0.29) is 12.0 Å². The van der Waals surface area contributed by atoms with Crippen molar-refractivity contribution in [2.24, 2.45) is 0 Å². The first kappa shape index (κ1) is 15.6. The topological polar surface area (TPSA) is 42.4 Å². The Morgan fingerprint density at radius 1 is 1.30 bits per heavy atom. The second-order valence-corrected chi connectivity index (χ2v) is 5.65. The number of aromatic nitrogens is 1. The van der Waals surface area contributed by atoms with E-state index in [9.17, 15) is 9.18 Å². The molecule has 4 nitrogen and oxygen atoms in total. The summed E-state index contributed by atoms with van der Waals surface area (Å²) in [5.41, 5.74) is 1.15. The summed E-state index contributed by atoms with van der Waals surface area (Å²) in [5, 5.41) is 0. The van der Waals surface area contributed by atoms with Gasteiger partial charge in [-0.05, 0) is 43.2 Å². The Bertz CT molecular complexity index is 657. The van der Waals surface area contributed by atoms with Crippen LogP contribution in [0.1, 0.15) is 28.9 Å². The molecule has 2 heterocycles. The third-order valence-corrected chi connectivity index (χ3v) is 3.89. The van der Waals surface area contributed by atoms with Crippen molar-refractivity contribution < 1.29 is 13.9 Å². The summed E-state index contributed by atoms with van der Waals surface area (Å²) >= 11 is 0. The molecule has 0 N–H and O–H groups in total. The minimum Gasteiger partial charge on any atom is -0.376 e. The van der Waals surface area contributed by atoms with E-state index in [1.807, 2.05) is 18.2 Å². The van der Waals surface area contributed by atoms with Crippen LogP contribution in [0.3, 0.4) is 0 Å². The minimum absolute atomic E-state index is 0.0382. The second kappa shape index (κ2) is 7.33. The van der Waals surface area contributed by atoms with Crippen molar-refractivity contribution in [3.05, 3.63) is 65.7 Å². The zero-order chi connectivity index (χ0) is 16.1. The maximum atomic E-state index is 13.4. The second-order valence-electron chi connectivity index (χ2n) is 5.65. The molecule has 1 aliphatic heterocycles. The molecule has 1 fully saturated rings. The number of carbonyl (C=O) groups is 1. The van der Waals surface area contributed by atoms with Crippen molar-refractivity contribution in [1.82, 2.24) is 9.88 Å². The van der Waals surface area contributed by atoms with Crippen LogP contribution in [0.5, 0.6) is 0 Å². The highest BCUT2D eigenvalue weighted by Crippen LogP contribution is 2.17. The van der Waals surface area contributed by atoms with Crippen LogP contribution in [-0.4, -0.2) is 35.0 Å². The standard InChI is InChI=1S/C18H19FN2O2/c19-15-6-3-5-14(11-15)18(22)21(13-17-8-4-10-23-17)12-16-7-1-2-9-20-16/h1-3,5-7,9,11,17H,4,8,10,12-13H2. The largest absolute Gasteiger partial charge is 0.376 e. The molecule has 1 aliphatic rings. The van der Waals surface area contributed by atoms with E-state index in [0.717, 1.165) is 25.1 Å². The molecule has 120 valence electrons. The molecule has 0 aliphatic carbocycles. The summed E-state index contributed by atoms with van der Waals surface area (Å²) in [5.74, 6) is -0.614. The van der Waals surface area contributed by atoms with E-state index in [0.29, 0.717) is 18.7 Å². The van der Waals surface area contributed by atoms with Gasteiger partial charge in [-0.2, -0.15) is 0 Å². The van der Waals surface area contributed by atoms with E-state index >= 15 is 0 Å². The summed E-state index contributed by atoms with van der Waals surface area (Å²) in [6.45, 7) is 1.61. The van der Waals surface area contributed by atoms with Crippen molar-refractivity contribution in [2.75, 3.05) is 13.2 Å². The van der Waals surface area contributed by atoms with Crippen LogP contribution in [0.4, 0.5) is 4.39 Å². The number of rotatable bonds is 5. The molecule has 0 bridgehead atoms. The van der Waals surface area contributed by atoms with E-state index in [1.165, 1.54) is 12.1 Å². The van der Waals surface area contributed by atoms with E-state index in [2.05, 4.69) is 4.98 Å². The zero-order valence-corrected chi connectivity index (χ0v) is 12.8. The number of ether oxygens (including phenoxy) is 1. The molecule has 1 saturated heterocycles. The number of hydrogen-bond donors (Lipinski definition) is 0. The lowest BCUT2D eigenvalue weighted by atomic mass is 10.1. The molecule has 1 atom stereocenters. The van der Waals surface area contributed by atoms with Crippen molar-refractivity contribution in [3.63, 3.8) is 0 Å². The lowest BCUT2D eigenvalue weighted by Crippen LogP contribution is -2.37. The molecular weight excluding hydrogens is 295 g/mol. The number of amides is 1. The fraction of sp³-hybridized carbons (Fsp3) is 0.333. The van der Waals surface area contributed by atoms with Crippen LogP contribution in [0.2, 0.25) is 0 Å². The van der Waals surface area contributed by atoms with Crippen LogP contribution in [0.25, 0.3) is 0 Å². The Kier molecular flexibility index (Phi) is 4.98. The molecule has 1 unspecified atom stereocenters. The number of benzene rings is 1. The maximum absolute atomic E-state index is 13.4. The molecule has 5 heteroatoms. The first-order valence-corrected chi connectivity index (χ1v) is 7.79. The smallest absolute Gasteiger partial charge is 0.254 e. The van der Waals surface area contributed by atoms with Crippen LogP contribution < -0.4 is 0 Å². The van der Waals surface area contributed by atoms with Crippen molar-refractivity contribution >= 4 is 5.91 Å². The predicted molar refractivity (Wildman–Crippen MR) is 84.4 cm³/mol. The first-order valence-electron chi connectivity index (χ1n) is 7.79. The Labute approximate surface area is 134 Å². The quantitative estimate of drug-likeness (QED) is 0.852. The summed E-state index contributed by atoms with van der Waals surface area (Å²) in [4.78, 5) is 18.7. The zero-order valence-electron chi connectivity index (χ0n) is 12.8. The molecular formula is C18H19FN2O2. The Morgan fingerprint density at radius 3 is 2.91 bits per heavy atom. The van der Waals surface area contributed by atoms with E-state index in [4.69, 9.17) is 4.74 Å². The number of nitrogens with zero attached hydrogens (tertiary/aromatic N) is 2. The first-order chi connectivity index (χ1) is 11.2. The third-order valence-electron chi connectivity index (χ3n) is 3.89. The molecule has 2 aromatic rings. The summed E-state index contributed by atoms with van der Waals surface area (Å²) in [6.07, 6.45) is 3.69. The third kappa shape index (κ3) is 4.13. The highest BCUT2D eigenvalue weighted by Gasteiger charge is 2.24. The Hall–Kier alpha value is -2.27. The van der Waals surface area contributed by atoms with Crippen LogP contribution >= 0.6 is 0 Å². The van der Waals surface area contributed by atoms with Gasteiger partial charge in [0.1, 0.15) is 5.82 Å². The number of carbonyl (C=O) groups excluding carboxylic acids is 1. The highest BCUT2D eigenvalue weighted by atomic mass is 19.1. The molecule has 0 radical (unpaired) electrons. The van der Waals surface area contributed by atoms with Gasteiger partial charge in [0.25, 0.3) is 5.91 Å². The molecule has 23 heavy (non-hydrogen) atoms. The van der Waals surface area contributed by atoms with E-state index < -0.39 is 5.82 Å². The lowest BCUT2D eigenvalue weighted by Gasteiger charge is -2.25. The number of hydrogen-bond acceptors (Lipinski definition) is 3. The van der Waals surface area contributed by atoms with Crippen molar-refractivity contribution in [2.45, 2.75) is 25.5 Å². The number of pyridine rings is 1. The van der Waals surface area contributed by atoms with Gasteiger partial charge < -0.3 is 9.64 Å². The maximum Gasteiger partial charge on any atom is 0.254 e. The van der Waals surface area contributed by atoms with E-state index in [1.54, 1.807) is 23.2 Å². The van der Waals surface area contributed by atoms with Crippen molar-refractivity contribution in [3.8, 4) is 0 Å². The van der Waals surface area contributed by atoms with Gasteiger partial charge in [-0.15, -0.1) is 0 Å². The van der Waals surface area contributed by atoms with Gasteiger partial charge in [0, 0.05) is 24.9 Å². The normalized spacial score (nSPS) is 17.2. The average Bonchev–Trinajstić information content (AvgIpc) is 3.08. The number of halogens is 1. The van der Waals surface area contributed by atoms with Crippen molar-refractivity contribution in [1.29, 1.82) is 0 Å². The summed E-state index contributed by atoms with van der Waals surface area (Å²) in [7, 11) is 0. The fourth-order valence-corrected chi connectivity index (χ4v) is 2.74. The Morgan fingerprint density at radius 2 is 2.22 bits per heavy atom. The summed E-state index contributed by atoms with van der Waals surface area (Å²) in [6, 6.07) is 11.4. The van der Waals surface area contributed by atoms with Gasteiger partial charge in [0.15, 0.2) is 0 Å². The monoisotopic (exact) mass is 314 g/mol. The minimum atomic E-state index is -0.411. The summed E-state index contributed by atoms with van der Waals surface area (Å²) < 4.78 is 19.1. The lowest BCUT2D eigenvalue weighted by molar-refractivity contribution is 0.0504. The SMILES string of the molecule is O=C(c1cccc(F)c1)N(Cc1ccccn1)CC1CCCO1. The van der Waals surface area contributed by atoms with Gasteiger partial charge in [0.2, 0.25) is 0 Å². The van der Waals surface area contributed by atoms with Gasteiger partial charge in [-0.25, -0.2) is 4.39 Å². The van der Waals surface area contributed by atoms with Gasteiger partial charge in [0.05, 0.1) is 18.3 Å². The average molecular weight is 314 g/mol. The fourth-order valence-electron chi connectivity index (χ4n) is 2.74.